The Morgan fingerprint density at radius 3 is 2.83 bits per heavy atom. The molecule has 2 heterocycles. The highest BCUT2D eigenvalue weighted by atomic mass is 16.7. The van der Waals surface area contributed by atoms with Gasteiger partial charge in [0.2, 0.25) is 0 Å². The largest absolute Gasteiger partial charge is 0.469 e. The van der Waals surface area contributed by atoms with Crippen molar-refractivity contribution in [2.75, 3.05) is 13.7 Å². The van der Waals surface area contributed by atoms with Gasteiger partial charge in [-0.1, -0.05) is 33.1 Å². The Labute approximate surface area is 110 Å². The van der Waals surface area contributed by atoms with Crippen LogP contribution in [0.25, 0.3) is 0 Å². The van der Waals surface area contributed by atoms with Gasteiger partial charge in [0.1, 0.15) is 5.92 Å². The van der Waals surface area contributed by atoms with Crippen LogP contribution in [0.5, 0.6) is 0 Å². The molecule has 0 N–H and O–H groups in total. The van der Waals surface area contributed by atoms with Gasteiger partial charge in [-0.3, -0.25) is 9.63 Å². The Balaban J connectivity index is 2.16. The lowest BCUT2D eigenvalue weighted by atomic mass is 9.72. The SMILES string of the molecule is CCCCCC1(CC)C(C(=O)OC)[C@@H]2CC[N@@]1O2. The molecular weight excluding hydrogens is 230 g/mol. The molecule has 0 saturated carbocycles. The van der Waals surface area contributed by atoms with Crippen LogP contribution < -0.4 is 0 Å². The lowest BCUT2D eigenvalue weighted by Crippen LogP contribution is -2.53. The Hall–Kier alpha value is -0.610. The quantitative estimate of drug-likeness (QED) is 0.540. The molecule has 2 aliphatic heterocycles. The van der Waals surface area contributed by atoms with E-state index in [1.54, 1.807) is 0 Å². The lowest BCUT2D eigenvalue weighted by molar-refractivity contribution is -0.156. The van der Waals surface area contributed by atoms with Gasteiger partial charge in [0, 0.05) is 6.54 Å². The van der Waals surface area contributed by atoms with Crippen molar-refractivity contribution in [1.29, 1.82) is 0 Å². The minimum atomic E-state index is -0.120. The van der Waals surface area contributed by atoms with E-state index >= 15 is 0 Å². The van der Waals surface area contributed by atoms with Crippen molar-refractivity contribution in [3.8, 4) is 0 Å². The number of hydrogen-bond acceptors (Lipinski definition) is 4. The van der Waals surface area contributed by atoms with Crippen molar-refractivity contribution in [3.63, 3.8) is 0 Å². The molecule has 4 atom stereocenters. The molecule has 0 amide bonds. The van der Waals surface area contributed by atoms with Crippen molar-refractivity contribution in [3.05, 3.63) is 0 Å². The molecule has 2 rings (SSSR count). The Morgan fingerprint density at radius 1 is 1.44 bits per heavy atom. The topological polar surface area (TPSA) is 38.8 Å². The van der Waals surface area contributed by atoms with Gasteiger partial charge in [0.15, 0.2) is 0 Å². The van der Waals surface area contributed by atoms with Gasteiger partial charge >= 0.3 is 5.97 Å². The monoisotopic (exact) mass is 255 g/mol. The Morgan fingerprint density at radius 2 is 2.22 bits per heavy atom. The number of carbonyl (C=O) groups is 1. The molecule has 0 aromatic rings. The maximum atomic E-state index is 12.1. The highest BCUT2D eigenvalue weighted by Crippen LogP contribution is 2.48. The van der Waals surface area contributed by atoms with Crippen molar-refractivity contribution in [2.45, 2.75) is 64.0 Å². The van der Waals surface area contributed by atoms with Crippen molar-refractivity contribution in [1.82, 2.24) is 5.06 Å². The first-order valence-corrected chi connectivity index (χ1v) is 7.21. The number of fused-ring (bicyclic) bond motifs is 2. The minimum absolute atomic E-state index is 0.0408. The zero-order chi connectivity index (χ0) is 13.2. The van der Waals surface area contributed by atoms with Gasteiger partial charge in [-0.25, -0.2) is 0 Å². The molecule has 0 aromatic carbocycles. The summed E-state index contributed by atoms with van der Waals surface area (Å²) in [6.45, 7) is 5.32. The molecule has 0 spiro atoms. The Kier molecular flexibility index (Phi) is 4.28. The third-order valence-corrected chi connectivity index (χ3v) is 4.61. The van der Waals surface area contributed by atoms with Crippen LogP contribution in [-0.4, -0.2) is 36.3 Å². The van der Waals surface area contributed by atoms with E-state index < -0.39 is 0 Å². The van der Waals surface area contributed by atoms with E-state index in [1.165, 1.54) is 20.0 Å². The summed E-state index contributed by atoms with van der Waals surface area (Å²) in [5.41, 5.74) is -0.120. The number of piperidine rings is 1. The molecule has 2 saturated heterocycles. The molecule has 2 fully saturated rings. The fourth-order valence-corrected chi connectivity index (χ4v) is 3.60. The summed E-state index contributed by atoms with van der Waals surface area (Å²) >= 11 is 0. The standard InChI is InChI=1S/C14H25NO3/c1-4-6-7-9-14(5-2)12(13(16)17-3)11-8-10-15(14)18-11/h11-12H,4-10H2,1-3H3/t11-,12?,14?/m0/s1. The number of unbranched alkanes of at least 4 members (excludes halogenated alkanes) is 2. The van der Waals surface area contributed by atoms with E-state index in [0.29, 0.717) is 0 Å². The molecule has 0 radical (unpaired) electrons. The Bertz CT molecular complexity index is 307. The maximum Gasteiger partial charge on any atom is 0.313 e. The molecule has 0 aromatic heterocycles. The first-order valence-electron chi connectivity index (χ1n) is 7.21. The highest BCUT2D eigenvalue weighted by Gasteiger charge is 2.60. The first kappa shape index (κ1) is 13.8. The smallest absolute Gasteiger partial charge is 0.313 e. The third-order valence-electron chi connectivity index (χ3n) is 4.61. The van der Waals surface area contributed by atoms with Crippen LogP contribution in [0.1, 0.15) is 52.4 Å². The summed E-state index contributed by atoms with van der Waals surface area (Å²) in [4.78, 5) is 18.0. The van der Waals surface area contributed by atoms with E-state index in [9.17, 15) is 4.79 Å². The molecular formula is C14H25NO3. The van der Waals surface area contributed by atoms with Crippen LogP contribution in [0.3, 0.4) is 0 Å². The van der Waals surface area contributed by atoms with Gasteiger partial charge in [0.25, 0.3) is 0 Å². The van der Waals surface area contributed by atoms with E-state index in [-0.39, 0.29) is 23.5 Å². The van der Waals surface area contributed by atoms with Crippen LogP contribution in [0, 0.1) is 5.92 Å². The maximum absolute atomic E-state index is 12.1. The fourth-order valence-electron chi connectivity index (χ4n) is 3.60. The third kappa shape index (κ3) is 2.05. The van der Waals surface area contributed by atoms with Gasteiger partial charge in [-0.15, -0.1) is 0 Å². The second-order valence-electron chi connectivity index (χ2n) is 5.45. The van der Waals surface area contributed by atoms with E-state index in [1.807, 2.05) is 0 Å². The molecule has 2 aliphatic rings. The first-order chi connectivity index (χ1) is 8.69. The van der Waals surface area contributed by atoms with Crippen LogP contribution in [0.4, 0.5) is 0 Å². The molecule has 2 unspecified atom stereocenters. The number of carbonyl (C=O) groups excluding carboxylic acids is 1. The summed E-state index contributed by atoms with van der Waals surface area (Å²) in [5, 5.41) is 2.08. The van der Waals surface area contributed by atoms with Crippen LogP contribution in [0.2, 0.25) is 0 Å². The van der Waals surface area contributed by atoms with Crippen LogP contribution in [0.15, 0.2) is 0 Å². The van der Waals surface area contributed by atoms with Gasteiger partial charge in [-0.2, -0.15) is 5.06 Å². The average Bonchev–Trinajstić information content (AvgIpc) is 2.97. The van der Waals surface area contributed by atoms with E-state index in [2.05, 4.69) is 18.9 Å². The van der Waals surface area contributed by atoms with Gasteiger partial charge in [0.05, 0.1) is 18.8 Å². The normalized spacial score (nSPS) is 38.1. The average molecular weight is 255 g/mol. The molecule has 104 valence electrons. The highest BCUT2D eigenvalue weighted by molar-refractivity contribution is 5.75. The van der Waals surface area contributed by atoms with Gasteiger partial charge < -0.3 is 4.74 Å². The van der Waals surface area contributed by atoms with Crippen LogP contribution >= 0.6 is 0 Å². The second-order valence-corrected chi connectivity index (χ2v) is 5.45. The van der Waals surface area contributed by atoms with Crippen molar-refractivity contribution >= 4 is 5.97 Å². The fraction of sp³-hybridized carbons (Fsp3) is 0.929. The van der Waals surface area contributed by atoms with Crippen LogP contribution in [-0.2, 0) is 14.4 Å². The number of hydroxylamine groups is 2. The predicted molar refractivity (Wildman–Crippen MR) is 68.9 cm³/mol. The lowest BCUT2D eigenvalue weighted by Gasteiger charge is -2.40. The summed E-state index contributed by atoms with van der Waals surface area (Å²) in [6.07, 6.45) is 6.56. The minimum Gasteiger partial charge on any atom is -0.469 e. The summed E-state index contributed by atoms with van der Waals surface area (Å²) < 4.78 is 5.00. The molecule has 2 bridgehead atoms. The number of esters is 1. The predicted octanol–water partition coefficient (Wildman–Crippen LogP) is 2.52. The molecule has 4 heteroatoms. The van der Waals surface area contributed by atoms with Crippen molar-refractivity contribution < 1.29 is 14.4 Å². The number of hydrogen-bond donors (Lipinski definition) is 0. The zero-order valence-corrected chi connectivity index (χ0v) is 11.8. The molecule has 18 heavy (non-hydrogen) atoms. The van der Waals surface area contributed by atoms with E-state index in [0.717, 1.165) is 32.2 Å². The van der Waals surface area contributed by atoms with Crippen molar-refractivity contribution in [2.24, 2.45) is 5.92 Å². The number of rotatable bonds is 6. The summed E-state index contributed by atoms with van der Waals surface area (Å²) in [6, 6.07) is 0. The summed E-state index contributed by atoms with van der Waals surface area (Å²) in [5.74, 6) is -0.196. The number of ether oxygens (including phenoxy) is 1. The van der Waals surface area contributed by atoms with Gasteiger partial charge in [-0.05, 0) is 19.3 Å². The molecule has 4 nitrogen and oxygen atoms in total. The zero-order valence-electron chi connectivity index (χ0n) is 11.8. The molecule has 0 aliphatic carbocycles. The number of nitrogens with zero attached hydrogens (tertiary/aromatic N) is 1. The number of methoxy groups -OCH3 is 1. The van der Waals surface area contributed by atoms with E-state index in [4.69, 9.17) is 9.57 Å². The summed E-state index contributed by atoms with van der Waals surface area (Å²) in [7, 11) is 1.48. The second kappa shape index (κ2) is 5.57.